The lowest BCUT2D eigenvalue weighted by Crippen LogP contribution is -2.30. The Morgan fingerprint density at radius 2 is 1.80 bits per heavy atom. The fourth-order valence-electron chi connectivity index (χ4n) is 2.74. The van der Waals surface area contributed by atoms with Crippen LogP contribution in [0.4, 0.5) is 0 Å². The van der Waals surface area contributed by atoms with Crippen molar-refractivity contribution in [1.82, 2.24) is 5.32 Å². The first-order valence-electron chi connectivity index (χ1n) is 6.94. The highest BCUT2D eigenvalue weighted by Crippen LogP contribution is 2.52. The highest BCUT2D eigenvalue weighted by atomic mass is 16.5. The minimum Gasteiger partial charge on any atom is -0.493 e. The second-order valence-corrected chi connectivity index (χ2v) is 4.66. The minimum atomic E-state index is 0.0932. The Bertz CT molecular complexity index is 475. The smallest absolute Gasteiger partial charge is 0.203 e. The molecule has 20 heavy (non-hydrogen) atoms. The van der Waals surface area contributed by atoms with Crippen LogP contribution in [0.25, 0.3) is 0 Å². The van der Waals surface area contributed by atoms with E-state index in [1.165, 1.54) is 0 Å². The van der Waals surface area contributed by atoms with Crippen molar-refractivity contribution < 1.29 is 18.9 Å². The molecule has 0 spiro atoms. The number of methoxy groups -OCH3 is 3. The molecule has 0 amide bonds. The maximum Gasteiger partial charge on any atom is 0.203 e. The van der Waals surface area contributed by atoms with Gasteiger partial charge in [-0.2, -0.15) is 0 Å². The van der Waals surface area contributed by atoms with Gasteiger partial charge in [0.25, 0.3) is 0 Å². The first kappa shape index (κ1) is 14.8. The van der Waals surface area contributed by atoms with Gasteiger partial charge < -0.3 is 24.3 Å². The normalized spacial score (nSPS) is 20.2. The summed E-state index contributed by atoms with van der Waals surface area (Å²) in [5.74, 6) is 2.72. The Morgan fingerprint density at radius 1 is 1.10 bits per heavy atom. The van der Waals surface area contributed by atoms with Gasteiger partial charge in [0.05, 0.1) is 32.9 Å². The number of likely N-dealkylation sites (N-methyl/N-ethyl adjacent to an activating group) is 1. The molecule has 5 nitrogen and oxygen atoms in total. The molecule has 1 aromatic carbocycles. The lowest BCUT2D eigenvalue weighted by Gasteiger charge is -2.20. The summed E-state index contributed by atoms with van der Waals surface area (Å²) in [6, 6.07) is 1.98. The average molecular weight is 281 g/mol. The van der Waals surface area contributed by atoms with Gasteiger partial charge in [-0.15, -0.1) is 0 Å². The lowest BCUT2D eigenvalue weighted by atomic mass is 10.00. The monoisotopic (exact) mass is 281 g/mol. The maximum absolute atomic E-state index is 6.03. The lowest BCUT2D eigenvalue weighted by molar-refractivity contribution is 0.185. The van der Waals surface area contributed by atoms with Crippen molar-refractivity contribution in [3.8, 4) is 23.0 Å². The van der Waals surface area contributed by atoms with Gasteiger partial charge >= 0.3 is 0 Å². The molecule has 2 atom stereocenters. The minimum absolute atomic E-state index is 0.0932. The van der Waals surface area contributed by atoms with Crippen LogP contribution in [0.2, 0.25) is 0 Å². The summed E-state index contributed by atoms with van der Waals surface area (Å²) in [5.41, 5.74) is 1.01. The van der Waals surface area contributed by atoms with E-state index in [-0.39, 0.29) is 12.1 Å². The van der Waals surface area contributed by atoms with Crippen molar-refractivity contribution in [2.24, 2.45) is 0 Å². The average Bonchev–Trinajstić information content (AvgIpc) is 2.83. The summed E-state index contributed by atoms with van der Waals surface area (Å²) in [7, 11) is 4.86. The molecule has 1 heterocycles. The highest BCUT2D eigenvalue weighted by molar-refractivity contribution is 5.64. The molecule has 2 unspecified atom stereocenters. The van der Waals surface area contributed by atoms with Crippen LogP contribution in [0, 0.1) is 0 Å². The van der Waals surface area contributed by atoms with E-state index in [0.717, 1.165) is 24.3 Å². The molecule has 0 saturated carbocycles. The molecular weight excluding hydrogens is 258 g/mol. The summed E-state index contributed by atoms with van der Waals surface area (Å²) in [4.78, 5) is 0. The van der Waals surface area contributed by atoms with Crippen molar-refractivity contribution in [1.29, 1.82) is 0 Å². The molecule has 0 aliphatic carbocycles. The van der Waals surface area contributed by atoms with Crippen LogP contribution in [0.1, 0.15) is 31.9 Å². The van der Waals surface area contributed by atoms with Gasteiger partial charge in [-0.05, 0) is 13.0 Å². The Balaban J connectivity index is 2.58. The van der Waals surface area contributed by atoms with Gasteiger partial charge in [-0.1, -0.05) is 13.8 Å². The van der Waals surface area contributed by atoms with Gasteiger partial charge in [0.1, 0.15) is 11.9 Å². The van der Waals surface area contributed by atoms with Crippen LogP contribution < -0.4 is 24.3 Å². The van der Waals surface area contributed by atoms with Gasteiger partial charge in [-0.25, -0.2) is 0 Å². The molecule has 1 aromatic rings. The molecule has 0 fully saturated rings. The van der Waals surface area contributed by atoms with E-state index < -0.39 is 0 Å². The molecule has 0 saturated heterocycles. The van der Waals surface area contributed by atoms with E-state index in [1.807, 2.05) is 6.07 Å². The zero-order valence-electron chi connectivity index (χ0n) is 12.8. The first-order valence-corrected chi connectivity index (χ1v) is 6.94. The second kappa shape index (κ2) is 6.22. The van der Waals surface area contributed by atoms with Crippen LogP contribution >= 0.6 is 0 Å². The van der Waals surface area contributed by atoms with Gasteiger partial charge in [0.2, 0.25) is 5.75 Å². The SMILES string of the molecule is CCNC1c2c(cc(OC)c(OC)c2OC)OC1CC. The third-order valence-corrected chi connectivity index (χ3v) is 3.62. The Hall–Kier alpha value is -1.62. The Labute approximate surface area is 120 Å². The number of nitrogens with one attached hydrogen (secondary N) is 1. The molecule has 0 bridgehead atoms. The number of hydrogen-bond acceptors (Lipinski definition) is 5. The van der Waals surface area contributed by atoms with Gasteiger partial charge in [0, 0.05) is 6.07 Å². The number of hydrogen-bond donors (Lipinski definition) is 1. The molecule has 1 N–H and O–H groups in total. The van der Waals surface area contributed by atoms with E-state index in [4.69, 9.17) is 18.9 Å². The molecule has 1 aliphatic heterocycles. The van der Waals surface area contributed by atoms with E-state index in [2.05, 4.69) is 19.2 Å². The fourth-order valence-corrected chi connectivity index (χ4v) is 2.74. The predicted molar refractivity (Wildman–Crippen MR) is 77.2 cm³/mol. The summed E-state index contributed by atoms with van der Waals surface area (Å²) < 4.78 is 22.4. The van der Waals surface area contributed by atoms with E-state index in [1.54, 1.807) is 21.3 Å². The first-order chi connectivity index (χ1) is 9.71. The standard InChI is InChI=1S/C15H23NO4/c1-6-9-13(16-7-2)12-10(20-9)8-11(17-3)14(18-4)15(12)19-5/h8-9,13,16H,6-7H2,1-5H3. The van der Waals surface area contributed by atoms with E-state index in [0.29, 0.717) is 17.2 Å². The Kier molecular flexibility index (Phi) is 4.60. The zero-order valence-corrected chi connectivity index (χ0v) is 12.8. The molecule has 0 radical (unpaired) electrons. The summed E-state index contributed by atoms with van der Waals surface area (Å²) in [6.45, 7) is 5.06. The number of ether oxygens (including phenoxy) is 4. The topological polar surface area (TPSA) is 49.0 Å². The molecular formula is C15H23NO4. The van der Waals surface area contributed by atoms with Crippen LogP contribution in [-0.4, -0.2) is 34.0 Å². The molecule has 1 aliphatic rings. The molecule has 0 aromatic heterocycles. The van der Waals surface area contributed by atoms with E-state index in [9.17, 15) is 0 Å². The van der Waals surface area contributed by atoms with Crippen molar-refractivity contribution in [3.05, 3.63) is 11.6 Å². The predicted octanol–water partition coefficient (Wildman–Crippen LogP) is 2.53. The quantitative estimate of drug-likeness (QED) is 0.868. The molecule has 112 valence electrons. The zero-order chi connectivity index (χ0) is 14.7. The fraction of sp³-hybridized carbons (Fsp3) is 0.600. The van der Waals surface area contributed by atoms with Gasteiger partial charge in [-0.3, -0.25) is 0 Å². The van der Waals surface area contributed by atoms with Crippen molar-refractivity contribution in [2.45, 2.75) is 32.4 Å². The van der Waals surface area contributed by atoms with Crippen molar-refractivity contribution >= 4 is 0 Å². The molecule has 2 rings (SSSR count). The summed E-state index contributed by atoms with van der Waals surface area (Å²) in [5, 5.41) is 3.46. The summed E-state index contributed by atoms with van der Waals surface area (Å²) in [6.07, 6.45) is 1.01. The van der Waals surface area contributed by atoms with Crippen LogP contribution in [0.3, 0.4) is 0 Å². The van der Waals surface area contributed by atoms with E-state index >= 15 is 0 Å². The second-order valence-electron chi connectivity index (χ2n) is 4.66. The van der Waals surface area contributed by atoms with Crippen molar-refractivity contribution in [3.63, 3.8) is 0 Å². The van der Waals surface area contributed by atoms with Crippen LogP contribution in [0.15, 0.2) is 6.07 Å². The largest absolute Gasteiger partial charge is 0.493 e. The van der Waals surface area contributed by atoms with Crippen molar-refractivity contribution in [2.75, 3.05) is 27.9 Å². The van der Waals surface area contributed by atoms with Gasteiger partial charge in [0.15, 0.2) is 11.5 Å². The third kappa shape index (κ3) is 2.26. The molecule has 5 heteroatoms. The number of benzene rings is 1. The highest BCUT2D eigenvalue weighted by Gasteiger charge is 2.38. The Morgan fingerprint density at radius 3 is 2.30 bits per heavy atom. The van der Waals surface area contributed by atoms with Crippen LogP contribution in [-0.2, 0) is 0 Å². The maximum atomic E-state index is 6.03. The third-order valence-electron chi connectivity index (χ3n) is 3.62. The number of fused-ring (bicyclic) bond motifs is 1. The van der Waals surface area contributed by atoms with Crippen LogP contribution in [0.5, 0.6) is 23.0 Å². The number of rotatable bonds is 6. The summed E-state index contributed by atoms with van der Waals surface area (Å²) >= 11 is 0.